The summed E-state index contributed by atoms with van der Waals surface area (Å²) in [4.78, 5) is 4.93. The largest absolute Gasteiger partial charge is 0.383 e. The molecule has 0 unspecified atom stereocenters. The molecular formula is C17H21N3. The van der Waals surface area contributed by atoms with Gasteiger partial charge in [-0.25, -0.2) is 4.98 Å². The van der Waals surface area contributed by atoms with Crippen LogP contribution in [0.15, 0.2) is 18.2 Å². The van der Waals surface area contributed by atoms with E-state index in [1.165, 1.54) is 48.2 Å². The number of aryl methyl sites for hydroxylation is 2. The van der Waals surface area contributed by atoms with E-state index in [0.717, 1.165) is 11.5 Å². The van der Waals surface area contributed by atoms with Gasteiger partial charge in [-0.15, -0.1) is 0 Å². The van der Waals surface area contributed by atoms with Crippen LogP contribution in [0, 0.1) is 13.8 Å². The molecule has 2 aliphatic carbocycles. The Hall–Kier alpha value is -1.77. The molecule has 0 atom stereocenters. The van der Waals surface area contributed by atoms with Crippen LogP contribution >= 0.6 is 0 Å². The maximum absolute atomic E-state index is 6.45. The number of nitrogens with zero attached hydrogens (tertiary/aromatic N) is 2. The van der Waals surface area contributed by atoms with Gasteiger partial charge in [0.1, 0.15) is 17.3 Å². The molecule has 1 aromatic heterocycles. The Bertz CT molecular complexity index is 676. The third-order valence-corrected chi connectivity index (χ3v) is 4.47. The smallest absolute Gasteiger partial charge is 0.132 e. The molecule has 1 aromatic carbocycles. The standard InChI is InChI=1S/C17H21N3/c1-10-3-8-14(11(2)9-10)15-16(18)20(13-6-7-13)17(19-15)12-4-5-12/h3,8-9,12-13H,4-7,18H2,1-2H3. The van der Waals surface area contributed by atoms with E-state index in [1.54, 1.807) is 0 Å². The van der Waals surface area contributed by atoms with Crippen molar-refractivity contribution < 1.29 is 0 Å². The van der Waals surface area contributed by atoms with Gasteiger partial charge < -0.3 is 10.3 Å². The molecule has 104 valence electrons. The fraction of sp³-hybridized carbons (Fsp3) is 0.471. The lowest BCUT2D eigenvalue weighted by Crippen LogP contribution is -2.04. The molecule has 0 amide bonds. The lowest BCUT2D eigenvalue weighted by Gasteiger charge is -2.08. The summed E-state index contributed by atoms with van der Waals surface area (Å²) >= 11 is 0. The second kappa shape index (κ2) is 4.11. The molecule has 2 aromatic rings. The molecule has 0 radical (unpaired) electrons. The minimum Gasteiger partial charge on any atom is -0.383 e. The molecule has 4 rings (SSSR count). The van der Waals surface area contributed by atoms with Gasteiger partial charge in [-0.2, -0.15) is 0 Å². The number of hydrogen-bond acceptors (Lipinski definition) is 2. The van der Waals surface area contributed by atoms with Crippen LogP contribution in [0.1, 0.15) is 54.6 Å². The summed E-state index contributed by atoms with van der Waals surface area (Å²) in [6.07, 6.45) is 5.06. The Balaban J connectivity index is 1.87. The molecule has 0 aliphatic heterocycles. The number of benzene rings is 1. The minimum absolute atomic E-state index is 0.609. The van der Waals surface area contributed by atoms with Gasteiger partial charge in [-0.3, -0.25) is 0 Å². The van der Waals surface area contributed by atoms with Gasteiger partial charge in [0.05, 0.1) is 0 Å². The highest BCUT2D eigenvalue weighted by Gasteiger charge is 2.36. The first-order chi connectivity index (χ1) is 9.65. The Morgan fingerprint density at radius 2 is 1.90 bits per heavy atom. The van der Waals surface area contributed by atoms with Gasteiger partial charge in [0.15, 0.2) is 0 Å². The van der Waals surface area contributed by atoms with E-state index in [-0.39, 0.29) is 0 Å². The summed E-state index contributed by atoms with van der Waals surface area (Å²) in [5.74, 6) is 2.76. The van der Waals surface area contributed by atoms with Crippen LogP contribution in [0.3, 0.4) is 0 Å². The van der Waals surface area contributed by atoms with Crippen LogP contribution in [0.5, 0.6) is 0 Å². The Kier molecular flexibility index (Phi) is 2.47. The highest BCUT2D eigenvalue weighted by Crippen LogP contribution is 2.48. The number of nitrogens with two attached hydrogens (primary N) is 1. The van der Waals surface area contributed by atoms with Crippen molar-refractivity contribution in [2.45, 2.75) is 51.5 Å². The number of anilines is 1. The third kappa shape index (κ3) is 1.84. The molecule has 20 heavy (non-hydrogen) atoms. The van der Waals surface area contributed by atoms with Gasteiger partial charge in [-0.1, -0.05) is 23.8 Å². The first kappa shape index (κ1) is 12.0. The van der Waals surface area contributed by atoms with Crippen molar-refractivity contribution in [1.82, 2.24) is 9.55 Å². The molecule has 2 fully saturated rings. The molecule has 0 bridgehead atoms. The van der Waals surface area contributed by atoms with Crippen molar-refractivity contribution in [1.29, 1.82) is 0 Å². The van der Waals surface area contributed by atoms with Crippen molar-refractivity contribution in [2.75, 3.05) is 5.73 Å². The number of rotatable bonds is 3. The van der Waals surface area contributed by atoms with Crippen LogP contribution in [-0.4, -0.2) is 9.55 Å². The predicted molar refractivity (Wildman–Crippen MR) is 81.8 cm³/mol. The van der Waals surface area contributed by atoms with E-state index in [2.05, 4.69) is 36.6 Å². The van der Waals surface area contributed by atoms with Crippen LogP contribution in [0.2, 0.25) is 0 Å². The topological polar surface area (TPSA) is 43.8 Å². The van der Waals surface area contributed by atoms with E-state index in [9.17, 15) is 0 Å². The molecule has 0 spiro atoms. The molecule has 1 heterocycles. The molecule has 2 N–H and O–H groups in total. The molecule has 0 saturated heterocycles. The summed E-state index contributed by atoms with van der Waals surface area (Å²) in [7, 11) is 0. The fourth-order valence-electron chi connectivity index (χ4n) is 3.09. The lowest BCUT2D eigenvalue weighted by molar-refractivity contribution is 0.691. The van der Waals surface area contributed by atoms with Crippen molar-refractivity contribution >= 4 is 5.82 Å². The average Bonchev–Trinajstić information content (AvgIpc) is 3.29. The highest BCUT2D eigenvalue weighted by molar-refractivity contribution is 5.74. The maximum atomic E-state index is 6.45. The van der Waals surface area contributed by atoms with Crippen molar-refractivity contribution in [2.24, 2.45) is 0 Å². The van der Waals surface area contributed by atoms with Crippen molar-refractivity contribution in [3.8, 4) is 11.3 Å². The van der Waals surface area contributed by atoms with E-state index < -0.39 is 0 Å². The van der Waals surface area contributed by atoms with Gasteiger partial charge in [0, 0.05) is 17.5 Å². The zero-order chi connectivity index (χ0) is 13.9. The van der Waals surface area contributed by atoms with Crippen LogP contribution in [-0.2, 0) is 0 Å². The zero-order valence-corrected chi connectivity index (χ0v) is 12.2. The number of aromatic nitrogens is 2. The van der Waals surface area contributed by atoms with E-state index in [0.29, 0.717) is 12.0 Å². The minimum atomic E-state index is 0.609. The zero-order valence-electron chi connectivity index (χ0n) is 12.2. The van der Waals surface area contributed by atoms with Gasteiger partial charge in [-0.05, 0) is 45.1 Å². The summed E-state index contributed by atoms with van der Waals surface area (Å²) in [5.41, 5.74) is 11.2. The second-order valence-electron chi connectivity index (χ2n) is 6.40. The Morgan fingerprint density at radius 1 is 1.15 bits per heavy atom. The predicted octanol–water partition coefficient (Wildman–Crippen LogP) is 3.96. The summed E-state index contributed by atoms with van der Waals surface area (Å²) < 4.78 is 2.33. The van der Waals surface area contributed by atoms with E-state index in [1.807, 2.05) is 0 Å². The van der Waals surface area contributed by atoms with Crippen molar-refractivity contribution in [3.63, 3.8) is 0 Å². The molecule has 2 aliphatic rings. The lowest BCUT2D eigenvalue weighted by atomic mass is 10.0. The van der Waals surface area contributed by atoms with Crippen molar-refractivity contribution in [3.05, 3.63) is 35.2 Å². The van der Waals surface area contributed by atoms with E-state index >= 15 is 0 Å². The quantitative estimate of drug-likeness (QED) is 0.914. The highest BCUT2D eigenvalue weighted by atomic mass is 15.2. The SMILES string of the molecule is Cc1ccc(-c2nc(C3CC3)n(C3CC3)c2N)c(C)c1. The van der Waals surface area contributed by atoms with Gasteiger partial charge in [0.25, 0.3) is 0 Å². The Labute approximate surface area is 119 Å². The summed E-state index contributed by atoms with van der Waals surface area (Å²) in [6.45, 7) is 4.27. The molecule has 2 saturated carbocycles. The fourth-order valence-corrected chi connectivity index (χ4v) is 3.09. The monoisotopic (exact) mass is 267 g/mol. The Morgan fingerprint density at radius 3 is 2.50 bits per heavy atom. The molecular weight excluding hydrogens is 246 g/mol. The maximum Gasteiger partial charge on any atom is 0.132 e. The van der Waals surface area contributed by atoms with E-state index in [4.69, 9.17) is 10.7 Å². The van der Waals surface area contributed by atoms with Crippen LogP contribution in [0.25, 0.3) is 11.3 Å². The van der Waals surface area contributed by atoms with Gasteiger partial charge >= 0.3 is 0 Å². The second-order valence-corrected chi connectivity index (χ2v) is 6.40. The first-order valence-electron chi connectivity index (χ1n) is 7.60. The van der Waals surface area contributed by atoms with Crippen LogP contribution < -0.4 is 5.73 Å². The number of hydrogen-bond donors (Lipinski definition) is 1. The van der Waals surface area contributed by atoms with Gasteiger partial charge in [0.2, 0.25) is 0 Å². The summed E-state index contributed by atoms with van der Waals surface area (Å²) in [5, 5.41) is 0. The van der Waals surface area contributed by atoms with Crippen LogP contribution in [0.4, 0.5) is 5.82 Å². The normalized spacial score (nSPS) is 18.5. The summed E-state index contributed by atoms with van der Waals surface area (Å²) in [6, 6.07) is 7.13. The third-order valence-electron chi connectivity index (χ3n) is 4.47. The first-order valence-corrected chi connectivity index (χ1v) is 7.60. The molecule has 3 heteroatoms. The number of nitrogen functional groups attached to an aromatic ring is 1. The average molecular weight is 267 g/mol. The molecule has 3 nitrogen and oxygen atoms in total. The number of imidazole rings is 1.